The largest absolute Gasteiger partial charge is 0.349 e. The van der Waals surface area contributed by atoms with E-state index in [4.69, 9.17) is 11.6 Å². The number of halogens is 4. The second kappa shape index (κ2) is 3.42. The molecular weight excluding hydrogens is 191 g/mol. The summed E-state index contributed by atoms with van der Waals surface area (Å²) in [6.45, 7) is 1.88. The Morgan fingerprint density at radius 2 is 2.17 bits per heavy atom. The Hall–Kier alpha value is 0.0400. The van der Waals surface area contributed by atoms with Crippen molar-refractivity contribution in [3.63, 3.8) is 0 Å². The maximum atomic E-state index is 12.9. The number of nitrogens with zero attached hydrogens (tertiary/aromatic N) is 1. The molecule has 1 aliphatic rings. The number of hydrogen-bond donors (Lipinski definition) is 0. The summed E-state index contributed by atoms with van der Waals surface area (Å²) >= 11 is 4.76. The number of alkyl halides is 4. The second-order valence-electron chi connectivity index (χ2n) is 3.07. The minimum absolute atomic E-state index is 0.224. The SMILES string of the molecule is CC1CCCN1C(F)(F)C(F)Cl. The summed E-state index contributed by atoms with van der Waals surface area (Å²) in [6, 6.07) is -3.80. The topological polar surface area (TPSA) is 3.24 Å². The van der Waals surface area contributed by atoms with Crippen LogP contribution in [0.5, 0.6) is 0 Å². The van der Waals surface area contributed by atoms with Crippen LogP contribution < -0.4 is 0 Å². The van der Waals surface area contributed by atoms with Crippen molar-refractivity contribution in [1.82, 2.24) is 4.90 Å². The summed E-state index contributed by atoms with van der Waals surface area (Å²) in [6.07, 6.45) is 1.36. The lowest BCUT2D eigenvalue weighted by Gasteiger charge is -2.30. The minimum atomic E-state index is -3.52. The van der Waals surface area contributed by atoms with E-state index < -0.39 is 11.7 Å². The first kappa shape index (κ1) is 10.1. The Balaban J connectivity index is 2.67. The molecule has 1 fully saturated rings. The number of likely N-dealkylation sites (tertiary alicyclic amines) is 1. The molecule has 72 valence electrons. The molecule has 2 unspecified atom stereocenters. The quantitative estimate of drug-likeness (QED) is 0.490. The van der Waals surface area contributed by atoms with Crippen LogP contribution in [0.2, 0.25) is 0 Å². The molecule has 0 radical (unpaired) electrons. The Morgan fingerprint density at radius 3 is 2.50 bits per heavy atom. The highest BCUT2D eigenvalue weighted by atomic mass is 35.5. The fourth-order valence-corrected chi connectivity index (χ4v) is 1.63. The van der Waals surface area contributed by atoms with Gasteiger partial charge in [0, 0.05) is 12.6 Å². The van der Waals surface area contributed by atoms with Gasteiger partial charge in [-0.1, -0.05) is 11.6 Å². The summed E-state index contributed by atoms with van der Waals surface area (Å²) < 4.78 is 38.1. The Morgan fingerprint density at radius 1 is 1.58 bits per heavy atom. The molecule has 12 heavy (non-hydrogen) atoms. The summed E-state index contributed by atoms with van der Waals surface area (Å²) in [5, 5.41) is 0. The molecule has 0 amide bonds. The van der Waals surface area contributed by atoms with Crippen molar-refractivity contribution < 1.29 is 13.2 Å². The van der Waals surface area contributed by atoms with E-state index in [9.17, 15) is 13.2 Å². The van der Waals surface area contributed by atoms with Gasteiger partial charge in [0.25, 0.3) is 5.63 Å². The molecule has 1 aliphatic heterocycles. The first-order chi connectivity index (χ1) is 5.46. The van der Waals surface area contributed by atoms with Gasteiger partial charge in [0.1, 0.15) is 0 Å². The maximum Gasteiger partial charge on any atom is 0.349 e. The van der Waals surface area contributed by atoms with Gasteiger partial charge in [0.05, 0.1) is 0 Å². The molecule has 1 saturated heterocycles. The Labute approximate surface area is 74.5 Å². The average Bonchev–Trinajstić information content (AvgIpc) is 2.35. The van der Waals surface area contributed by atoms with Crippen LogP contribution in [0.15, 0.2) is 0 Å². The third-order valence-electron chi connectivity index (χ3n) is 2.20. The fourth-order valence-electron chi connectivity index (χ4n) is 1.50. The van der Waals surface area contributed by atoms with E-state index >= 15 is 0 Å². The molecule has 1 nitrogen and oxygen atoms in total. The van der Waals surface area contributed by atoms with Crippen molar-refractivity contribution in [1.29, 1.82) is 0 Å². The first-order valence-electron chi connectivity index (χ1n) is 3.89. The van der Waals surface area contributed by atoms with E-state index in [2.05, 4.69) is 0 Å². The van der Waals surface area contributed by atoms with Crippen LogP contribution in [0.25, 0.3) is 0 Å². The average molecular weight is 202 g/mol. The molecule has 1 heterocycles. The molecule has 1 rings (SSSR count). The third-order valence-corrected chi connectivity index (χ3v) is 2.46. The van der Waals surface area contributed by atoms with Crippen LogP contribution in [-0.2, 0) is 0 Å². The smallest absolute Gasteiger partial charge is 0.238 e. The predicted octanol–water partition coefficient (Wildman–Crippen LogP) is 2.60. The van der Waals surface area contributed by atoms with Crippen molar-refractivity contribution in [2.75, 3.05) is 6.54 Å². The molecule has 0 bridgehead atoms. The second-order valence-corrected chi connectivity index (χ2v) is 3.46. The molecule has 0 aromatic carbocycles. The monoisotopic (exact) mass is 201 g/mol. The van der Waals surface area contributed by atoms with Crippen LogP contribution in [0, 0.1) is 0 Å². The Kier molecular flexibility index (Phi) is 2.88. The predicted molar refractivity (Wildman–Crippen MR) is 41.1 cm³/mol. The minimum Gasteiger partial charge on any atom is -0.238 e. The van der Waals surface area contributed by atoms with Crippen LogP contribution >= 0.6 is 11.6 Å². The summed E-state index contributed by atoms with van der Waals surface area (Å²) in [7, 11) is 0. The van der Waals surface area contributed by atoms with Gasteiger partial charge in [-0.05, 0) is 19.8 Å². The molecule has 0 spiro atoms. The van der Waals surface area contributed by atoms with E-state index in [-0.39, 0.29) is 12.6 Å². The van der Waals surface area contributed by atoms with E-state index in [0.29, 0.717) is 12.8 Å². The number of hydrogen-bond acceptors (Lipinski definition) is 1. The molecule has 0 aliphatic carbocycles. The summed E-state index contributed by atoms with van der Waals surface area (Å²) in [4.78, 5) is 0.824. The van der Waals surface area contributed by atoms with Crippen molar-refractivity contribution in [2.45, 2.75) is 37.5 Å². The van der Waals surface area contributed by atoms with Crippen LogP contribution in [0.4, 0.5) is 13.2 Å². The summed E-state index contributed by atoms with van der Waals surface area (Å²) in [5.74, 6) is 0. The number of rotatable bonds is 2. The van der Waals surface area contributed by atoms with Gasteiger partial charge >= 0.3 is 6.05 Å². The van der Waals surface area contributed by atoms with E-state index in [0.717, 1.165) is 4.90 Å². The lowest BCUT2D eigenvalue weighted by atomic mass is 10.2. The third kappa shape index (κ3) is 1.69. The van der Waals surface area contributed by atoms with Crippen molar-refractivity contribution in [2.24, 2.45) is 0 Å². The molecular formula is C7H11ClF3N. The van der Waals surface area contributed by atoms with Crippen LogP contribution in [-0.4, -0.2) is 29.2 Å². The van der Waals surface area contributed by atoms with E-state index in [1.165, 1.54) is 0 Å². The van der Waals surface area contributed by atoms with Crippen molar-refractivity contribution in [3.05, 3.63) is 0 Å². The highest BCUT2D eigenvalue weighted by Gasteiger charge is 2.48. The standard InChI is InChI=1S/C7H11ClF3N/c1-5-3-2-4-12(5)7(10,11)6(8)9/h5-6H,2-4H2,1H3. The van der Waals surface area contributed by atoms with Gasteiger partial charge in [-0.3, -0.25) is 0 Å². The molecule has 0 aromatic heterocycles. The lowest BCUT2D eigenvalue weighted by molar-refractivity contribution is -0.174. The van der Waals surface area contributed by atoms with Gasteiger partial charge in [-0.2, -0.15) is 8.78 Å². The highest BCUT2D eigenvalue weighted by Crippen LogP contribution is 2.34. The Bertz CT molecular complexity index is 163. The zero-order chi connectivity index (χ0) is 9.35. The molecule has 5 heteroatoms. The lowest BCUT2D eigenvalue weighted by Crippen LogP contribution is -2.48. The van der Waals surface area contributed by atoms with E-state index in [1.807, 2.05) is 0 Å². The molecule has 0 saturated carbocycles. The fraction of sp³-hybridized carbons (Fsp3) is 1.00. The van der Waals surface area contributed by atoms with Gasteiger partial charge in [-0.25, -0.2) is 9.29 Å². The van der Waals surface area contributed by atoms with Gasteiger partial charge < -0.3 is 0 Å². The van der Waals surface area contributed by atoms with Crippen molar-refractivity contribution >= 4 is 11.6 Å². The molecule has 0 aromatic rings. The first-order valence-corrected chi connectivity index (χ1v) is 4.32. The maximum absolute atomic E-state index is 12.9. The normalized spacial score (nSPS) is 29.2. The molecule has 0 N–H and O–H groups in total. The highest BCUT2D eigenvalue weighted by molar-refractivity contribution is 6.20. The van der Waals surface area contributed by atoms with Crippen LogP contribution in [0.1, 0.15) is 19.8 Å². The zero-order valence-corrected chi connectivity index (χ0v) is 7.49. The zero-order valence-electron chi connectivity index (χ0n) is 6.74. The van der Waals surface area contributed by atoms with Crippen molar-refractivity contribution in [3.8, 4) is 0 Å². The van der Waals surface area contributed by atoms with Gasteiger partial charge in [-0.15, -0.1) is 0 Å². The molecule has 2 atom stereocenters. The van der Waals surface area contributed by atoms with E-state index in [1.54, 1.807) is 6.92 Å². The van der Waals surface area contributed by atoms with Gasteiger partial charge in [0.2, 0.25) is 0 Å². The summed E-state index contributed by atoms with van der Waals surface area (Å²) in [5.41, 5.74) is -2.61. The van der Waals surface area contributed by atoms with Gasteiger partial charge in [0.15, 0.2) is 0 Å². The van der Waals surface area contributed by atoms with Crippen LogP contribution in [0.3, 0.4) is 0 Å².